The third-order valence-corrected chi connectivity index (χ3v) is 12.7. The van der Waals surface area contributed by atoms with Gasteiger partial charge in [-0.25, -0.2) is 0 Å². The van der Waals surface area contributed by atoms with Crippen LogP contribution in [0.15, 0.2) is 72.3 Å². The molecular weight excluding hydrogens is 705 g/mol. The Morgan fingerprint density at radius 3 is 2.31 bits per heavy atom. The lowest BCUT2D eigenvalue weighted by atomic mass is 9.49. The van der Waals surface area contributed by atoms with Gasteiger partial charge >= 0.3 is 0 Å². The fourth-order valence-corrected chi connectivity index (χ4v) is 10.3. The van der Waals surface area contributed by atoms with Crippen LogP contribution in [0.5, 0.6) is 17.2 Å². The summed E-state index contributed by atoms with van der Waals surface area (Å²) in [6.07, 6.45) is 6.96. The fraction of sp³-hybridized carbons (Fsp3) is 0.400. The quantitative estimate of drug-likeness (QED) is 0.195. The first-order valence-electron chi connectivity index (χ1n) is 17.8. The zero-order valence-corrected chi connectivity index (χ0v) is 30.3. The van der Waals surface area contributed by atoms with Crippen LogP contribution in [-0.4, -0.2) is 58.9 Å². The number of anilines is 1. The zero-order valence-electron chi connectivity index (χ0n) is 28.8. The summed E-state index contributed by atoms with van der Waals surface area (Å²) in [5, 5.41) is 13.3. The summed E-state index contributed by atoms with van der Waals surface area (Å²) in [6, 6.07) is 16.5. The van der Waals surface area contributed by atoms with Gasteiger partial charge < -0.3 is 14.6 Å². The molecule has 3 aromatic rings. The molecule has 3 aromatic carbocycles. The number of carbonyl (C=O) groups excluding carboxylic acids is 4. The highest BCUT2D eigenvalue weighted by Gasteiger charge is 2.71. The van der Waals surface area contributed by atoms with Crippen LogP contribution in [0, 0.1) is 23.7 Å². The minimum Gasteiger partial charge on any atom is -0.508 e. The zero-order chi connectivity index (χ0) is 36.5. The number of aromatic hydroxyl groups is 1. The SMILES string of the molecule is COc1ccc([C@@]23C(=O)N(Nc4ccc(Cl)cc4Cl)C(=O)[C@@H]2C[C@@H]2C(=CC[C@@H]4C(=O)N(C5CCCCC5)C(=O)[C@@H]42)[C@@H]3c2c(O)cccc2OC)cc1. The van der Waals surface area contributed by atoms with E-state index in [4.69, 9.17) is 32.7 Å². The number of rotatable bonds is 7. The molecule has 6 atom stereocenters. The molecule has 2 saturated carbocycles. The van der Waals surface area contributed by atoms with Gasteiger partial charge in [0.05, 0.1) is 48.1 Å². The van der Waals surface area contributed by atoms with E-state index >= 15 is 4.79 Å². The van der Waals surface area contributed by atoms with E-state index in [-0.39, 0.29) is 35.0 Å². The average molecular weight is 745 g/mol. The molecule has 0 spiro atoms. The van der Waals surface area contributed by atoms with Crippen LogP contribution >= 0.6 is 23.2 Å². The molecule has 2 heterocycles. The number of benzene rings is 3. The van der Waals surface area contributed by atoms with Crippen molar-refractivity contribution < 1.29 is 33.8 Å². The number of hydrogen-bond acceptors (Lipinski definition) is 8. The smallest absolute Gasteiger partial charge is 0.260 e. The van der Waals surface area contributed by atoms with Crippen molar-refractivity contribution in [3.8, 4) is 17.2 Å². The summed E-state index contributed by atoms with van der Waals surface area (Å²) in [6.45, 7) is 0. The molecule has 12 heteroatoms. The van der Waals surface area contributed by atoms with Crippen LogP contribution in [0.3, 0.4) is 0 Å². The first kappa shape index (κ1) is 34.5. The second kappa shape index (κ2) is 13.1. The Kier molecular flexibility index (Phi) is 8.73. The lowest BCUT2D eigenvalue weighted by Crippen LogP contribution is -2.53. The molecule has 2 aliphatic heterocycles. The minimum atomic E-state index is -1.62. The van der Waals surface area contributed by atoms with Crippen LogP contribution in [0.1, 0.15) is 62.0 Å². The number of ether oxygens (including phenoxy) is 2. The number of nitrogens with one attached hydrogen (secondary N) is 1. The van der Waals surface area contributed by atoms with Gasteiger partial charge in [-0.15, -0.1) is 0 Å². The molecule has 0 aromatic heterocycles. The number of carbonyl (C=O) groups is 4. The van der Waals surface area contributed by atoms with Crippen molar-refractivity contribution >= 4 is 52.5 Å². The molecule has 270 valence electrons. The van der Waals surface area contributed by atoms with Crippen molar-refractivity contribution in [3.63, 3.8) is 0 Å². The molecule has 0 radical (unpaired) electrons. The predicted octanol–water partition coefficient (Wildman–Crippen LogP) is 7.03. The number of hydrazine groups is 1. The number of imide groups is 2. The Balaban J connectivity index is 1.34. The van der Waals surface area contributed by atoms with Gasteiger partial charge in [0.2, 0.25) is 11.8 Å². The molecule has 0 bridgehead atoms. The first-order chi connectivity index (χ1) is 25.1. The van der Waals surface area contributed by atoms with Gasteiger partial charge in [0.15, 0.2) is 0 Å². The van der Waals surface area contributed by atoms with Gasteiger partial charge in [0.1, 0.15) is 17.2 Å². The number of phenols is 1. The van der Waals surface area contributed by atoms with Gasteiger partial charge in [-0.1, -0.05) is 72.3 Å². The third-order valence-electron chi connectivity index (χ3n) is 12.1. The van der Waals surface area contributed by atoms with Crippen molar-refractivity contribution in [2.75, 3.05) is 19.6 Å². The van der Waals surface area contributed by atoms with E-state index < -0.39 is 46.8 Å². The standard InChI is InChI=1S/C40H39Cl2N3O7/c1-51-24-14-11-21(12-15-24)40-28(37(48)45(39(40)50)43-30-18-13-22(41)19-29(30)42)20-27-25(35(40)34-31(46)9-6-10-32(34)52-2)16-17-26-33(27)38(49)44(36(26)47)23-7-4-3-5-8-23/h6,9-16,18-19,23,26-28,33,35,43,46H,3-5,7-8,17,20H2,1-2H3/t26-,27+,28-,33-,35+,40+/m0/s1. The third kappa shape index (κ3) is 5.05. The van der Waals surface area contributed by atoms with E-state index in [0.29, 0.717) is 39.8 Å². The van der Waals surface area contributed by atoms with E-state index in [1.54, 1.807) is 55.6 Å². The molecule has 2 saturated heterocycles. The lowest BCUT2D eigenvalue weighted by molar-refractivity contribution is -0.144. The highest BCUT2D eigenvalue weighted by atomic mass is 35.5. The Hall–Kier alpha value is -4.54. The fourth-order valence-electron chi connectivity index (χ4n) is 9.88. The molecule has 4 fully saturated rings. The maximum Gasteiger partial charge on any atom is 0.260 e. The maximum absolute atomic E-state index is 15.4. The van der Waals surface area contributed by atoms with E-state index in [1.807, 2.05) is 6.08 Å². The molecule has 10 nitrogen and oxygen atoms in total. The monoisotopic (exact) mass is 743 g/mol. The van der Waals surface area contributed by atoms with Gasteiger partial charge in [0, 0.05) is 22.5 Å². The van der Waals surface area contributed by atoms with Gasteiger partial charge in [-0.05, 0) is 79.6 Å². The number of likely N-dealkylation sites (tertiary alicyclic amines) is 1. The Labute approximate surface area is 311 Å². The summed E-state index contributed by atoms with van der Waals surface area (Å²) in [5.74, 6) is -4.52. The highest BCUT2D eigenvalue weighted by molar-refractivity contribution is 6.36. The topological polar surface area (TPSA) is 125 Å². The molecule has 0 unspecified atom stereocenters. The number of allylic oxidation sites excluding steroid dienone is 2. The lowest BCUT2D eigenvalue weighted by Gasteiger charge is -2.50. The molecular formula is C40H39Cl2N3O7. The van der Waals surface area contributed by atoms with Crippen molar-refractivity contribution in [2.45, 2.75) is 62.3 Å². The first-order valence-corrected chi connectivity index (χ1v) is 18.5. The van der Waals surface area contributed by atoms with Crippen LogP contribution in [0.2, 0.25) is 10.0 Å². The Bertz CT molecular complexity index is 2010. The molecule has 8 rings (SSSR count). The average Bonchev–Trinajstić information content (AvgIpc) is 3.53. The predicted molar refractivity (Wildman–Crippen MR) is 194 cm³/mol. The second-order valence-electron chi connectivity index (χ2n) is 14.4. The van der Waals surface area contributed by atoms with Gasteiger partial charge in [0.25, 0.3) is 11.8 Å². The normalized spacial score (nSPS) is 28.7. The number of nitrogens with zero attached hydrogens (tertiary/aromatic N) is 2. The molecule has 5 aliphatic rings. The Morgan fingerprint density at radius 2 is 1.62 bits per heavy atom. The van der Waals surface area contributed by atoms with Crippen molar-refractivity contribution in [1.82, 2.24) is 9.91 Å². The minimum absolute atomic E-state index is 0.121. The van der Waals surface area contributed by atoms with E-state index in [9.17, 15) is 19.5 Å². The summed E-state index contributed by atoms with van der Waals surface area (Å²) >= 11 is 12.7. The summed E-state index contributed by atoms with van der Waals surface area (Å²) < 4.78 is 11.3. The number of hydrogen-bond donors (Lipinski definition) is 2. The second-order valence-corrected chi connectivity index (χ2v) is 15.3. The highest BCUT2D eigenvalue weighted by Crippen LogP contribution is 2.66. The summed E-state index contributed by atoms with van der Waals surface area (Å²) in [4.78, 5) is 60.5. The van der Waals surface area contributed by atoms with E-state index in [2.05, 4.69) is 5.43 Å². The van der Waals surface area contributed by atoms with Crippen LogP contribution in [0.4, 0.5) is 5.69 Å². The molecule has 52 heavy (non-hydrogen) atoms. The van der Waals surface area contributed by atoms with Crippen molar-refractivity contribution in [1.29, 1.82) is 0 Å². The molecule has 2 N–H and O–H groups in total. The number of methoxy groups -OCH3 is 2. The number of amides is 4. The van der Waals surface area contributed by atoms with Crippen molar-refractivity contribution in [3.05, 3.63) is 93.5 Å². The molecule has 4 amide bonds. The largest absolute Gasteiger partial charge is 0.508 e. The Morgan fingerprint density at radius 1 is 0.865 bits per heavy atom. The van der Waals surface area contributed by atoms with Crippen molar-refractivity contribution in [2.24, 2.45) is 23.7 Å². The van der Waals surface area contributed by atoms with Crippen LogP contribution in [-0.2, 0) is 24.6 Å². The number of phenolic OH excluding ortho intramolecular Hbond substituents is 1. The number of halogens is 2. The number of fused-ring (bicyclic) bond motifs is 4. The summed E-state index contributed by atoms with van der Waals surface area (Å²) in [5.41, 5.74) is 3.25. The van der Waals surface area contributed by atoms with E-state index in [1.165, 1.54) is 24.1 Å². The summed E-state index contributed by atoms with van der Waals surface area (Å²) in [7, 11) is 3.03. The van der Waals surface area contributed by atoms with Gasteiger partial charge in [-0.3, -0.25) is 29.5 Å². The molecule has 3 aliphatic carbocycles. The van der Waals surface area contributed by atoms with Gasteiger partial charge in [-0.2, -0.15) is 5.01 Å². The van der Waals surface area contributed by atoms with Crippen LogP contribution in [0.25, 0.3) is 0 Å². The van der Waals surface area contributed by atoms with E-state index in [0.717, 1.165) is 42.7 Å². The van der Waals surface area contributed by atoms with Crippen LogP contribution < -0.4 is 14.9 Å². The maximum atomic E-state index is 15.4.